The largest absolute Gasteiger partial charge is 0.477 e. The summed E-state index contributed by atoms with van der Waals surface area (Å²) in [5.74, 6) is 1.08. The normalized spacial score (nSPS) is 21.7. The minimum atomic E-state index is -0.881. The van der Waals surface area contributed by atoms with Crippen LogP contribution in [0.2, 0.25) is 0 Å². The Morgan fingerprint density at radius 3 is 2.47 bits per heavy atom. The second-order valence-corrected chi connectivity index (χ2v) is 24.7. The van der Waals surface area contributed by atoms with Crippen molar-refractivity contribution >= 4 is 28.2 Å². The van der Waals surface area contributed by atoms with Crippen molar-refractivity contribution in [3.05, 3.63) is 105 Å². The number of rotatable bonds is 17. The van der Waals surface area contributed by atoms with E-state index in [0.29, 0.717) is 59.2 Å². The molecule has 18 nitrogen and oxygen atoms in total. The van der Waals surface area contributed by atoms with Crippen LogP contribution in [0.5, 0.6) is 11.8 Å². The van der Waals surface area contributed by atoms with Crippen LogP contribution in [-0.4, -0.2) is 122 Å². The number of thiophene rings is 1. The Morgan fingerprint density at radius 2 is 1.76 bits per heavy atom. The first kappa shape index (κ1) is 54.2. The number of amides is 2. The van der Waals surface area contributed by atoms with Crippen molar-refractivity contribution in [1.29, 1.82) is 5.26 Å². The lowest BCUT2D eigenvalue weighted by Gasteiger charge is -2.39. The minimum absolute atomic E-state index is 0.0251. The Kier molecular flexibility index (Phi) is 15.1. The number of carbonyl (C=O) groups is 2. The summed E-state index contributed by atoms with van der Waals surface area (Å²) in [7, 11) is 1.62. The van der Waals surface area contributed by atoms with Crippen molar-refractivity contribution in [3.63, 3.8) is 0 Å². The van der Waals surface area contributed by atoms with Crippen LogP contribution >= 0.6 is 11.3 Å². The number of nitrogens with one attached hydrogen (secondary N) is 1. The predicted octanol–water partition coefficient (Wildman–Crippen LogP) is 8.49. The van der Waals surface area contributed by atoms with Crippen LogP contribution in [0.1, 0.15) is 142 Å². The van der Waals surface area contributed by atoms with Crippen molar-refractivity contribution in [2.75, 3.05) is 58.8 Å². The average Bonchev–Trinajstić information content (AvgIpc) is 4.09. The number of hydrogen-bond acceptors (Lipinski definition) is 16. The zero-order valence-electron chi connectivity index (χ0n) is 45.7. The van der Waals surface area contributed by atoms with Crippen LogP contribution in [0.3, 0.4) is 0 Å². The standard InChI is InChI=1S/C59H70FN11O7S/c1-35(36-14-16-37(17-15-36)40-10-6-7-12-43(40)60)63-55(73)45-28-39(72)31-70(45)56(74)51(57(2,3)4)71-32-44(66-68-71)38-18-24-69(25-19-38)33-58(22-23-58)34-77-48-29-47(76-27-26-75-5)64-54(65-48)50-41-11-8-20-59(52(41)78-67-50)21-9-13-46-49(59)42(30-61)53(62)79-46/h6-7,10,12,14-17,29,32,35,38-39,45,51,72H,8-9,11,13,18-28,31,33-34,62H2,1-5H3,(H,63,73)/t35-,39+,45-,51+,59-/m0/s1. The molecule has 0 radical (unpaired) electrons. The van der Waals surface area contributed by atoms with Gasteiger partial charge in [0.15, 0.2) is 17.3 Å². The molecule has 3 aliphatic carbocycles. The van der Waals surface area contributed by atoms with E-state index in [-0.39, 0.29) is 41.9 Å². The Morgan fingerprint density at radius 1 is 1.03 bits per heavy atom. The molecule has 5 atom stereocenters. The molecular weight excluding hydrogens is 1030 g/mol. The summed E-state index contributed by atoms with van der Waals surface area (Å²) in [6.45, 7) is 11.5. The fourth-order valence-corrected chi connectivity index (χ4v) is 13.9. The number of aryl methyl sites for hydroxylation is 1. The van der Waals surface area contributed by atoms with E-state index < -0.39 is 35.1 Å². The molecule has 1 spiro atoms. The van der Waals surface area contributed by atoms with Gasteiger partial charge in [0.1, 0.15) is 35.6 Å². The molecule has 0 unspecified atom stereocenters. The molecule has 2 saturated heterocycles. The maximum absolute atomic E-state index is 14.7. The maximum atomic E-state index is 14.7. The number of nitrogens with two attached hydrogens (primary N) is 1. The van der Waals surface area contributed by atoms with Gasteiger partial charge in [-0.15, -0.1) is 16.4 Å². The highest BCUT2D eigenvalue weighted by molar-refractivity contribution is 7.16. The Hall–Kier alpha value is -6.79. The number of hydrogen-bond donors (Lipinski definition) is 3. The van der Waals surface area contributed by atoms with Crippen LogP contribution in [0.25, 0.3) is 22.6 Å². The number of halogens is 1. The molecule has 2 aromatic carbocycles. The molecule has 5 aliphatic rings. The molecule has 1 saturated carbocycles. The number of aliphatic hydroxyl groups excluding tert-OH is 1. The zero-order chi connectivity index (χ0) is 55.2. The van der Waals surface area contributed by atoms with Crippen molar-refractivity contribution in [1.82, 2.24) is 45.2 Å². The van der Waals surface area contributed by atoms with E-state index in [9.17, 15) is 24.3 Å². The topological polar surface area (TPSA) is 233 Å². The number of nitrogens with zero attached hydrogens (tertiary/aromatic N) is 9. The van der Waals surface area contributed by atoms with E-state index in [0.717, 1.165) is 122 Å². The highest BCUT2D eigenvalue weighted by atomic mass is 32.1. The smallest absolute Gasteiger partial charge is 0.248 e. The van der Waals surface area contributed by atoms with E-state index in [1.54, 1.807) is 36.1 Å². The quantitative estimate of drug-likeness (QED) is 0.0727. The summed E-state index contributed by atoms with van der Waals surface area (Å²) in [6, 6.07) is 16.0. The number of carbonyl (C=O) groups excluding carboxylic acids is 2. The first-order chi connectivity index (χ1) is 38.1. The molecule has 6 aromatic rings. The number of methoxy groups -OCH3 is 1. The lowest BCUT2D eigenvalue weighted by molar-refractivity contribution is -0.144. The van der Waals surface area contributed by atoms with Crippen LogP contribution in [-0.2, 0) is 32.6 Å². The molecule has 11 rings (SSSR count). The summed E-state index contributed by atoms with van der Waals surface area (Å²) >= 11 is 1.52. The predicted molar refractivity (Wildman–Crippen MR) is 294 cm³/mol. The Balaban J connectivity index is 0.723. The van der Waals surface area contributed by atoms with Crippen LogP contribution in [0, 0.1) is 28.0 Å². The zero-order valence-corrected chi connectivity index (χ0v) is 46.5. The van der Waals surface area contributed by atoms with Gasteiger partial charge in [-0.2, -0.15) is 15.2 Å². The minimum Gasteiger partial charge on any atom is -0.477 e. The third-order valence-corrected chi connectivity index (χ3v) is 18.1. The van der Waals surface area contributed by atoms with Crippen molar-refractivity contribution in [2.45, 2.75) is 134 Å². The van der Waals surface area contributed by atoms with E-state index in [2.05, 4.69) is 31.8 Å². The van der Waals surface area contributed by atoms with E-state index >= 15 is 0 Å². The molecule has 6 heterocycles. The van der Waals surface area contributed by atoms with Gasteiger partial charge < -0.3 is 44.7 Å². The van der Waals surface area contributed by atoms with Gasteiger partial charge in [-0.1, -0.05) is 73.6 Å². The molecule has 3 fully saturated rings. The monoisotopic (exact) mass is 1100 g/mol. The Labute approximate surface area is 463 Å². The van der Waals surface area contributed by atoms with Crippen molar-refractivity contribution in [3.8, 4) is 40.5 Å². The number of nitriles is 1. The number of benzene rings is 2. The third kappa shape index (κ3) is 10.9. The highest BCUT2D eigenvalue weighted by Gasteiger charge is 2.50. The SMILES string of the molecule is COCCOc1cc(OCC2(CN3CCC(c4cn([C@H](C(=O)N5C[C@H](O)C[C@H]5C(=O)N[C@@H](C)c5ccc(-c6ccccc6F)cc5)C(C)(C)C)nn4)CC3)CC2)nc(-c2noc3c2CCC[C@@]32CCCc3sc(N)c(C#N)c32)n1. The van der Waals surface area contributed by atoms with Gasteiger partial charge in [0, 0.05) is 60.2 Å². The lowest BCUT2D eigenvalue weighted by Crippen LogP contribution is -2.50. The van der Waals surface area contributed by atoms with E-state index in [1.165, 1.54) is 22.3 Å². The summed E-state index contributed by atoms with van der Waals surface area (Å²) in [6.07, 6.45) is 10.1. The number of β-amino-alcohol motifs (C(OH)–C–C–N with tert-alkyl or cyclic N) is 1. The first-order valence-corrected chi connectivity index (χ1v) is 28.6. The van der Waals surface area contributed by atoms with Crippen LogP contribution in [0.15, 0.2) is 65.3 Å². The number of piperidine rings is 1. The highest BCUT2D eigenvalue weighted by Crippen LogP contribution is 2.55. The molecule has 4 aromatic heterocycles. The van der Waals surface area contributed by atoms with Crippen molar-refractivity contribution in [2.24, 2.45) is 10.8 Å². The molecular formula is C59H70FN11O7S. The number of anilines is 1. The summed E-state index contributed by atoms with van der Waals surface area (Å²) in [5, 5.41) is 38.6. The Bertz CT molecular complexity index is 3240. The van der Waals surface area contributed by atoms with Gasteiger partial charge in [-0.3, -0.25) is 9.59 Å². The van der Waals surface area contributed by atoms with Gasteiger partial charge >= 0.3 is 0 Å². The second kappa shape index (κ2) is 22.0. The summed E-state index contributed by atoms with van der Waals surface area (Å²) < 4.78 is 40.3. The first-order valence-electron chi connectivity index (χ1n) is 27.8. The van der Waals surface area contributed by atoms with E-state index in [1.807, 2.05) is 58.2 Å². The summed E-state index contributed by atoms with van der Waals surface area (Å²) in [4.78, 5) is 43.5. The number of ether oxygens (including phenoxy) is 3. The molecule has 416 valence electrons. The van der Waals surface area contributed by atoms with Gasteiger partial charge in [0.05, 0.1) is 48.1 Å². The number of fused-ring (bicyclic) bond motifs is 4. The van der Waals surface area contributed by atoms with Gasteiger partial charge in [0.25, 0.3) is 0 Å². The molecule has 0 bridgehead atoms. The second-order valence-electron chi connectivity index (χ2n) is 23.5. The van der Waals surface area contributed by atoms with Gasteiger partial charge in [-0.05, 0) is 112 Å². The average molecular weight is 1100 g/mol. The number of nitrogen functional groups attached to an aromatic ring is 1. The third-order valence-electron chi connectivity index (χ3n) is 17.0. The molecule has 2 amide bonds. The van der Waals surface area contributed by atoms with Gasteiger partial charge in [-0.25, -0.2) is 9.07 Å². The molecule has 79 heavy (non-hydrogen) atoms. The number of aromatic nitrogens is 6. The fraction of sp³-hybridized carbons (Fsp3) is 0.525. The molecule has 4 N–H and O–H groups in total. The van der Waals surface area contributed by atoms with Crippen molar-refractivity contribution < 1.29 is 37.8 Å². The lowest BCUT2D eigenvalue weighted by atomic mass is 9.63. The van der Waals surface area contributed by atoms with Crippen LogP contribution < -0.4 is 20.5 Å². The molecule has 20 heteroatoms. The maximum Gasteiger partial charge on any atom is 0.248 e. The van der Waals surface area contributed by atoms with Gasteiger partial charge in [0.2, 0.25) is 23.6 Å². The summed E-state index contributed by atoms with van der Waals surface area (Å²) in [5.41, 5.74) is 11.2. The number of likely N-dealkylation sites (tertiary alicyclic amines) is 2. The van der Waals surface area contributed by atoms with E-state index in [4.69, 9.17) is 34.4 Å². The molecule has 2 aliphatic heterocycles. The van der Waals surface area contributed by atoms with Crippen LogP contribution in [0.4, 0.5) is 9.39 Å². The fourth-order valence-electron chi connectivity index (χ4n) is 12.7. The number of aliphatic hydroxyl groups is 1.